The Balaban J connectivity index is 2.51. The maximum atomic E-state index is 8.40. The summed E-state index contributed by atoms with van der Waals surface area (Å²) in [4.78, 5) is 0. The molecule has 0 saturated carbocycles. The summed E-state index contributed by atoms with van der Waals surface area (Å²) >= 11 is 0. The van der Waals surface area contributed by atoms with Crippen LogP contribution in [0.5, 0.6) is 0 Å². The van der Waals surface area contributed by atoms with Crippen molar-refractivity contribution in [3.63, 3.8) is 0 Å². The number of hydrogen-bond acceptors (Lipinski definition) is 2. The minimum Gasteiger partial charge on any atom is -0.399 e. The molecule has 0 spiro atoms. The van der Waals surface area contributed by atoms with Crippen LogP contribution >= 0.6 is 0 Å². The van der Waals surface area contributed by atoms with Gasteiger partial charge in [0, 0.05) is 34.8 Å². The first-order valence-electron chi connectivity index (χ1n) is 10.3. The molecule has 100 valence electrons. The lowest BCUT2D eigenvalue weighted by Crippen LogP contribution is -2.41. The first-order valence-corrected chi connectivity index (χ1v) is 5.82. The summed E-state index contributed by atoms with van der Waals surface area (Å²) in [6, 6.07) is -1.64. The molecule has 1 aliphatic heterocycles. The third kappa shape index (κ3) is 2.24. The van der Waals surface area contributed by atoms with Gasteiger partial charge in [-0.2, -0.15) is 0 Å². The highest BCUT2D eigenvalue weighted by Crippen LogP contribution is 2.36. The second kappa shape index (κ2) is 4.43. The first-order chi connectivity index (χ1) is 11.8. The first kappa shape index (κ1) is 6.14. The van der Waals surface area contributed by atoms with E-state index in [0.29, 0.717) is 5.46 Å². The molecule has 1 aromatic rings. The minimum atomic E-state index is -3.35. The van der Waals surface area contributed by atoms with Crippen molar-refractivity contribution in [2.75, 3.05) is 0 Å². The Bertz CT molecular complexity index is 694. The van der Waals surface area contributed by atoms with Gasteiger partial charge < -0.3 is 13.9 Å². The zero-order valence-corrected chi connectivity index (χ0v) is 11.1. The second-order valence-corrected chi connectivity index (χ2v) is 5.41. The van der Waals surface area contributed by atoms with Crippen LogP contribution in [0.4, 0.5) is 0 Å². The SMILES string of the molecule is [2H]C([2H])([2H])C([2H])([2H])C([2H])(n1ccc(B2OC(C)(C)C(C)(C)O2)c1)C([2H])([2H])[2H]. The summed E-state index contributed by atoms with van der Waals surface area (Å²) < 4.78 is 82.1. The standard InChI is InChI=1S/C14H24BNO2/c1-7-11(2)16-9-8-12(10-16)15-17-13(3,4)14(5,6)18-15/h8-11H,7H2,1-6H3/i1D3,2D3,7D2,11D. The van der Waals surface area contributed by atoms with Crippen LogP contribution in [-0.4, -0.2) is 22.9 Å². The normalized spacial score (nSPS) is 34.7. The molecular formula is C14H24BNO2. The predicted octanol–water partition coefficient (Wildman–Crippen LogP) is 2.76. The van der Waals surface area contributed by atoms with Crippen molar-refractivity contribution in [3.05, 3.63) is 18.5 Å². The smallest absolute Gasteiger partial charge is 0.399 e. The van der Waals surface area contributed by atoms with E-state index in [1.54, 1.807) is 0 Å². The van der Waals surface area contributed by atoms with Gasteiger partial charge in [-0.3, -0.25) is 0 Å². The highest BCUT2D eigenvalue weighted by atomic mass is 16.7. The molecule has 1 aromatic heterocycles. The quantitative estimate of drug-likeness (QED) is 0.778. The summed E-state index contributed by atoms with van der Waals surface area (Å²) in [6.07, 6.45) is -0.980. The van der Waals surface area contributed by atoms with Gasteiger partial charge in [0.15, 0.2) is 0 Å². The Labute approximate surface area is 123 Å². The Morgan fingerprint density at radius 1 is 1.44 bits per heavy atom. The Morgan fingerprint density at radius 2 is 2.11 bits per heavy atom. The van der Waals surface area contributed by atoms with E-state index >= 15 is 0 Å². The van der Waals surface area contributed by atoms with E-state index in [-0.39, 0.29) is 0 Å². The summed E-state index contributed by atoms with van der Waals surface area (Å²) in [7, 11) is -0.851. The van der Waals surface area contributed by atoms with Crippen LogP contribution in [0.2, 0.25) is 0 Å². The molecule has 0 N–H and O–H groups in total. The highest BCUT2D eigenvalue weighted by molar-refractivity contribution is 6.62. The van der Waals surface area contributed by atoms with E-state index in [0.717, 1.165) is 4.57 Å². The molecular weight excluding hydrogens is 225 g/mol. The fourth-order valence-corrected chi connectivity index (χ4v) is 1.74. The molecule has 0 amide bonds. The zero-order valence-electron chi connectivity index (χ0n) is 20.1. The van der Waals surface area contributed by atoms with Crippen LogP contribution in [0.25, 0.3) is 0 Å². The molecule has 18 heavy (non-hydrogen) atoms. The molecule has 1 unspecified atom stereocenters. The minimum absolute atomic E-state index is 0.371. The van der Waals surface area contributed by atoms with Gasteiger partial charge in [0.05, 0.1) is 12.6 Å². The summed E-state index contributed by atoms with van der Waals surface area (Å²) in [5.41, 5.74) is -0.916. The van der Waals surface area contributed by atoms with Crippen molar-refractivity contribution in [1.29, 1.82) is 0 Å². The lowest BCUT2D eigenvalue weighted by molar-refractivity contribution is 0.00578. The van der Waals surface area contributed by atoms with Gasteiger partial charge in [-0.25, -0.2) is 0 Å². The average molecular weight is 258 g/mol. The van der Waals surface area contributed by atoms with Crippen molar-refractivity contribution in [2.24, 2.45) is 0 Å². The molecule has 2 rings (SSSR count). The maximum Gasteiger partial charge on any atom is 0.496 e. The van der Waals surface area contributed by atoms with E-state index < -0.39 is 44.4 Å². The maximum absolute atomic E-state index is 8.40. The topological polar surface area (TPSA) is 23.4 Å². The lowest BCUT2D eigenvalue weighted by atomic mass is 9.81. The largest absolute Gasteiger partial charge is 0.496 e. The monoisotopic (exact) mass is 258 g/mol. The van der Waals surface area contributed by atoms with E-state index in [1.165, 1.54) is 18.5 Å². The lowest BCUT2D eigenvalue weighted by Gasteiger charge is -2.32. The molecule has 1 atom stereocenters. The fraction of sp³-hybridized carbons (Fsp3) is 0.714. The fourth-order valence-electron chi connectivity index (χ4n) is 1.74. The Kier molecular flexibility index (Phi) is 1.51. The van der Waals surface area contributed by atoms with E-state index in [4.69, 9.17) is 21.6 Å². The summed E-state index contributed by atoms with van der Waals surface area (Å²) in [6.45, 7) is 0.793. The molecule has 1 saturated heterocycles. The van der Waals surface area contributed by atoms with Gasteiger partial charge in [0.1, 0.15) is 0 Å². The number of hydrogen-bond donors (Lipinski definition) is 0. The molecule has 3 nitrogen and oxygen atoms in total. The Hall–Kier alpha value is -0.735. The molecule has 0 radical (unpaired) electrons. The third-order valence-electron chi connectivity index (χ3n) is 3.62. The molecule has 0 aromatic carbocycles. The number of nitrogens with zero attached hydrogens (tertiary/aromatic N) is 1. The van der Waals surface area contributed by atoms with Gasteiger partial charge in [0.25, 0.3) is 0 Å². The second-order valence-electron chi connectivity index (χ2n) is 5.41. The van der Waals surface area contributed by atoms with Crippen LogP contribution in [0.15, 0.2) is 18.5 Å². The molecule has 0 bridgehead atoms. The van der Waals surface area contributed by atoms with Gasteiger partial charge >= 0.3 is 7.12 Å². The van der Waals surface area contributed by atoms with Gasteiger partial charge in [-0.05, 0) is 47.0 Å². The third-order valence-corrected chi connectivity index (χ3v) is 3.62. The number of aromatic nitrogens is 1. The highest BCUT2D eigenvalue weighted by Gasteiger charge is 2.51. The molecule has 1 aliphatic rings. The molecule has 4 heteroatoms. The van der Waals surface area contributed by atoms with Crippen LogP contribution in [0.3, 0.4) is 0 Å². The summed E-state index contributed by atoms with van der Waals surface area (Å²) in [5, 5.41) is 0. The van der Waals surface area contributed by atoms with Crippen LogP contribution in [0, 0.1) is 0 Å². The van der Waals surface area contributed by atoms with Crippen molar-refractivity contribution in [2.45, 2.75) is 65.0 Å². The van der Waals surface area contributed by atoms with Crippen LogP contribution < -0.4 is 5.46 Å². The predicted molar refractivity (Wildman–Crippen MR) is 75.2 cm³/mol. The van der Waals surface area contributed by atoms with Gasteiger partial charge in [-0.1, -0.05) is 6.85 Å². The van der Waals surface area contributed by atoms with Crippen molar-refractivity contribution < 1.29 is 21.6 Å². The summed E-state index contributed by atoms with van der Waals surface area (Å²) in [5.74, 6) is 0. The zero-order chi connectivity index (χ0) is 21.3. The van der Waals surface area contributed by atoms with Gasteiger partial charge in [-0.15, -0.1) is 0 Å². The van der Waals surface area contributed by atoms with E-state index in [9.17, 15) is 0 Å². The van der Waals surface area contributed by atoms with Crippen LogP contribution in [0.1, 0.15) is 66.1 Å². The number of rotatable bonds is 3. The Morgan fingerprint density at radius 3 is 2.67 bits per heavy atom. The van der Waals surface area contributed by atoms with Crippen molar-refractivity contribution in [3.8, 4) is 0 Å². The van der Waals surface area contributed by atoms with Gasteiger partial charge in [0.2, 0.25) is 0 Å². The van der Waals surface area contributed by atoms with E-state index in [2.05, 4.69) is 0 Å². The molecule has 0 aliphatic carbocycles. The van der Waals surface area contributed by atoms with E-state index in [1.807, 2.05) is 27.7 Å². The van der Waals surface area contributed by atoms with Crippen molar-refractivity contribution >= 4 is 12.6 Å². The van der Waals surface area contributed by atoms with Crippen LogP contribution in [-0.2, 0) is 9.31 Å². The molecule has 2 heterocycles. The molecule has 1 fully saturated rings. The van der Waals surface area contributed by atoms with Crippen molar-refractivity contribution in [1.82, 2.24) is 4.57 Å². The average Bonchev–Trinajstić information content (AvgIpc) is 2.99.